The molecule has 9 heteroatoms. The third-order valence-electron chi connectivity index (χ3n) is 3.79. The van der Waals surface area contributed by atoms with Crippen LogP contribution in [0.25, 0.3) is 0 Å². The third kappa shape index (κ3) is 5.83. The molecule has 2 aromatic rings. The van der Waals surface area contributed by atoms with Gasteiger partial charge in [-0.3, -0.25) is 9.59 Å². The molecule has 0 fully saturated rings. The van der Waals surface area contributed by atoms with E-state index in [-0.39, 0.29) is 43.9 Å². The number of thioether (sulfide) groups is 1. The number of hydrogen-bond acceptors (Lipinski definition) is 3. The molecule has 0 spiro atoms. The van der Waals surface area contributed by atoms with E-state index in [2.05, 4.69) is 10.6 Å². The van der Waals surface area contributed by atoms with Gasteiger partial charge in [-0.15, -0.1) is 0 Å². The van der Waals surface area contributed by atoms with E-state index < -0.39 is 23.6 Å². The summed E-state index contributed by atoms with van der Waals surface area (Å²) in [4.78, 5) is 25.3. The molecule has 0 bridgehead atoms. The topological polar surface area (TPSA) is 58.2 Å². The summed E-state index contributed by atoms with van der Waals surface area (Å²) in [5.41, 5.74) is 0.389. The minimum Gasteiger partial charge on any atom is -0.340 e. The summed E-state index contributed by atoms with van der Waals surface area (Å²) in [7, 11) is 0. The number of halogens is 4. The van der Waals surface area contributed by atoms with Crippen LogP contribution >= 0.6 is 35.0 Å². The predicted molar refractivity (Wildman–Crippen MR) is 109 cm³/mol. The molecule has 2 amide bonds. The van der Waals surface area contributed by atoms with Crippen LogP contribution in [-0.4, -0.2) is 23.6 Å². The molecule has 0 saturated carbocycles. The van der Waals surface area contributed by atoms with Gasteiger partial charge in [0.25, 0.3) is 11.7 Å². The van der Waals surface area contributed by atoms with Gasteiger partial charge < -0.3 is 10.6 Å². The summed E-state index contributed by atoms with van der Waals surface area (Å²) < 4.78 is 25.6. The highest BCUT2D eigenvalue weighted by molar-refractivity contribution is 7.99. The van der Waals surface area contributed by atoms with Crippen LogP contribution in [0.1, 0.15) is 24.2 Å². The van der Waals surface area contributed by atoms with Crippen molar-refractivity contribution in [2.75, 3.05) is 5.32 Å². The maximum atomic E-state index is 12.8. The highest BCUT2D eigenvalue weighted by atomic mass is 35.5. The molecular weight excluding hydrogens is 429 g/mol. The Hall–Kier alpha value is -1.83. The highest BCUT2D eigenvalue weighted by Gasteiger charge is 2.26. The molecule has 0 radical (unpaired) electrons. The molecule has 2 rings (SSSR count). The molecule has 0 saturated heterocycles. The average molecular weight is 447 g/mol. The first-order valence-electron chi connectivity index (χ1n) is 8.30. The van der Waals surface area contributed by atoms with Crippen LogP contribution in [0.3, 0.4) is 0 Å². The normalized spacial score (nSPS) is 12.1. The Morgan fingerprint density at radius 2 is 1.64 bits per heavy atom. The van der Waals surface area contributed by atoms with Crippen molar-refractivity contribution in [1.82, 2.24) is 5.32 Å². The van der Waals surface area contributed by atoms with Gasteiger partial charge in [0.1, 0.15) is 6.04 Å². The molecular formula is C19H18Cl2F2N2O2S. The Balaban J connectivity index is 2.22. The van der Waals surface area contributed by atoms with Gasteiger partial charge >= 0.3 is 0 Å². The molecule has 0 aliphatic heterocycles. The van der Waals surface area contributed by atoms with Crippen molar-refractivity contribution < 1.29 is 18.4 Å². The van der Waals surface area contributed by atoms with Crippen molar-refractivity contribution in [2.45, 2.75) is 30.5 Å². The van der Waals surface area contributed by atoms with Gasteiger partial charge in [0.05, 0.1) is 26.2 Å². The van der Waals surface area contributed by atoms with Gasteiger partial charge in [-0.05, 0) is 30.2 Å². The van der Waals surface area contributed by atoms with E-state index >= 15 is 0 Å². The fourth-order valence-corrected chi connectivity index (χ4v) is 3.56. The maximum absolute atomic E-state index is 12.8. The second kappa shape index (κ2) is 10.1. The van der Waals surface area contributed by atoms with Gasteiger partial charge in [-0.2, -0.15) is 8.78 Å². The van der Waals surface area contributed by atoms with Gasteiger partial charge in [0.15, 0.2) is 0 Å². The van der Waals surface area contributed by atoms with Crippen LogP contribution in [0.2, 0.25) is 10.0 Å². The lowest BCUT2D eigenvalue weighted by atomic mass is 10.0. The van der Waals surface area contributed by atoms with E-state index in [1.54, 1.807) is 44.2 Å². The van der Waals surface area contributed by atoms with Crippen molar-refractivity contribution in [2.24, 2.45) is 5.92 Å². The fourth-order valence-electron chi connectivity index (χ4n) is 2.43. The molecule has 1 atom stereocenters. The van der Waals surface area contributed by atoms with Crippen LogP contribution in [-0.2, 0) is 4.79 Å². The Labute approximate surface area is 176 Å². The fraction of sp³-hybridized carbons (Fsp3) is 0.263. The number of carbonyl (C=O) groups is 2. The summed E-state index contributed by atoms with van der Waals surface area (Å²) in [6.07, 6.45) is 0. The lowest BCUT2D eigenvalue weighted by molar-refractivity contribution is -0.118. The average Bonchev–Trinajstić information content (AvgIpc) is 2.62. The molecule has 0 aliphatic carbocycles. The second-order valence-corrected chi connectivity index (χ2v) is 7.97. The first kappa shape index (κ1) is 22.5. The maximum Gasteiger partial charge on any atom is 0.289 e. The number of hydrogen-bond donors (Lipinski definition) is 2. The van der Waals surface area contributed by atoms with Crippen molar-refractivity contribution in [3.05, 3.63) is 58.1 Å². The molecule has 1 unspecified atom stereocenters. The van der Waals surface area contributed by atoms with Crippen LogP contribution in [0, 0.1) is 5.92 Å². The lowest BCUT2D eigenvalue weighted by Gasteiger charge is -2.23. The highest BCUT2D eigenvalue weighted by Crippen LogP contribution is 2.37. The quantitative estimate of drug-likeness (QED) is 0.536. The molecule has 0 aromatic heterocycles. The van der Waals surface area contributed by atoms with Crippen LogP contribution in [0.4, 0.5) is 14.5 Å². The Kier molecular flexibility index (Phi) is 8.10. The number of carbonyl (C=O) groups excluding carboxylic acids is 2. The van der Waals surface area contributed by atoms with Gasteiger partial charge in [0, 0.05) is 0 Å². The molecule has 0 aliphatic rings. The number of anilines is 1. The molecule has 4 nitrogen and oxygen atoms in total. The Morgan fingerprint density at radius 1 is 1.00 bits per heavy atom. The van der Waals surface area contributed by atoms with E-state index in [0.717, 1.165) is 0 Å². The molecule has 28 heavy (non-hydrogen) atoms. The van der Waals surface area contributed by atoms with Crippen molar-refractivity contribution in [1.29, 1.82) is 0 Å². The minimum absolute atomic E-state index is 0.0625. The van der Waals surface area contributed by atoms with Gasteiger partial charge in [-0.1, -0.05) is 67.0 Å². The monoisotopic (exact) mass is 446 g/mol. The number of nitrogens with one attached hydrogen (secondary N) is 2. The summed E-state index contributed by atoms with van der Waals surface area (Å²) in [6, 6.07) is 10.0. The summed E-state index contributed by atoms with van der Waals surface area (Å²) >= 11 is 12.3. The molecule has 150 valence electrons. The van der Waals surface area contributed by atoms with E-state index in [1.165, 1.54) is 12.1 Å². The standard InChI is InChI=1S/C19H18Cl2F2N2O2S/c1-10(2)15(25-17(26)11-6-3-4-7-12(11)20)18(27)24-14-9-5-8-13(21)16(14)28-19(22)23/h3-10,15,19H,1-2H3,(H,24,27)(H,25,26). The third-order valence-corrected chi connectivity index (χ3v) is 5.40. The number of amides is 2. The smallest absolute Gasteiger partial charge is 0.289 e. The SMILES string of the molecule is CC(C)C(NC(=O)c1ccccc1Cl)C(=O)Nc1cccc(Cl)c1SC(F)F. The number of rotatable bonds is 7. The number of benzene rings is 2. The first-order chi connectivity index (χ1) is 13.2. The Morgan fingerprint density at radius 3 is 2.25 bits per heavy atom. The zero-order valence-electron chi connectivity index (χ0n) is 15.0. The zero-order valence-corrected chi connectivity index (χ0v) is 17.3. The van der Waals surface area contributed by atoms with Crippen LogP contribution < -0.4 is 10.6 Å². The van der Waals surface area contributed by atoms with E-state index in [1.807, 2.05) is 0 Å². The van der Waals surface area contributed by atoms with Crippen molar-refractivity contribution in [3.63, 3.8) is 0 Å². The van der Waals surface area contributed by atoms with Crippen molar-refractivity contribution >= 4 is 52.5 Å². The van der Waals surface area contributed by atoms with Gasteiger partial charge in [0.2, 0.25) is 5.91 Å². The lowest BCUT2D eigenvalue weighted by Crippen LogP contribution is -2.47. The van der Waals surface area contributed by atoms with Crippen molar-refractivity contribution in [3.8, 4) is 0 Å². The van der Waals surface area contributed by atoms with Crippen LogP contribution in [0.5, 0.6) is 0 Å². The minimum atomic E-state index is -2.70. The number of alkyl halides is 2. The first-order valence-corrected chi connectivity index (χ1v) is 9.93. The van der Waals surface area contributed by atoms with E-state index in [9.17, 15) is 18.4 Å². The van der Waals surface area contributed by atoms with E-state index in [0.29, 0.717) is 0 Å². The molecule has 0 heterocycles. The zero-order chi connectivity index (χ0) is 20.8. The summed E-state index contributed by atoms with van der Waals surface area (Å²) in [6.45, 7) is 3.51. The predicted octanol–water partition coefficient (Wildman–Crippen LogP) is 5.70. The largest absolute Gasteiger partial charge is 0.340 e. The molecule has 2 aromatic carbocycles. The molecule has 2 N–H and O–H groups in total. The van der Waals surface area contributed by atoms with Crippen LogP contribution in [0.15, 0.2) is 47.4 Å². The van der Waals surface area contributed by atoms with Gasteiger partial charge in [-0.25, -0.2) is 0 Å². The Bertz CT molecular complexity index is 866. The summed E-state index contributed by atoms with van der Waals surface area (Å²) in [5, 5.41) is 5.59. The summed E-state index contributed by atoms with van der Waals surface area (Å²) in [5.74, 6) is -4.02. The second-order valence-electron chi connectivity index (χ2n) is 6.16. The van der Waals surface area contributed by atoms with E-state index in [4.69, 9.17) is 23.2 Å².